The van der Waals surface area contributed by atoms with Crippen LogP contribution in [0.3, 0.4) is 0 Å². The van der Waals surface area contributed by atoms with Crippen LogP contribution in [-0.2, 0) is 15.9 Å². The quantitative estimate of drug-likeness (QED) is 0.456. The molecular weight excluding hydrogens is 310 g/mol. The molecule has 24 heavy (non-hydrogen) atoms. The lowest BCUT2D eigenvalue weighted by Gasteiger charge is -2.29. The molecule has 6 heteroatoms. The van der Waals surface area contributed by atoms with Gasteiger partial charge in [0.05, 0.1) is 11.0 Å². The molecular formula is C18H21NO5. The zero-order chi connectivity index (χ0) is 17.5. The van der Waals surface area contributed by atoms with Crippen LogP contribution in [0.4, 0.5) is 5.69 Å². The molecule has 1 N–H and O–H groups in total. The smallest absolute Gasteiger partial charge is 0.269 e. The summed E-state index contributed by atoms with van der Waals surface area (Å²) in [7, 11) is 3.05. The molecule has 0 saturated carbocycles. The Morgan fingerprint density at radius 3 is 2.12 bits per heavy atom. The van der Waals surface area contributed by atoms with Crippen LogP contribution < -0.4 is 0 Å². The average Bonchev–Trinajstić information content (AvgIpc) is 2.62. The maximum Gasteiger partial charge on any atom is 0.269 e. The molecule has 2 aromatic rings. The second-order valence-corrected chi connectivity index (χ2v) is 5.49. The van der Waals surface area contributed by atoms with Crippen LogP contribution in [0.1, 0.15) is 17.2 Å². The molecule has 2 rings (SSSR count). The minimum Gasteiger partial charge on any atom is -0.388 e. The summed E-state index contributed by atoms with van der Waals surface area (Å²) in [5, 5.41) is 21.5. The van der Waals surface area contributed by atoms with Gasteiger partial charge >= 0.3 is 0 Å². The zero-order valence-electron chi connectivity index (χ0n) is 13.7. The van der Waals surface area contributed by atoms with Gasteiger partial charge in [-0.25, -0.2) is 0 Å². The SMILES string of the molecule is COC(OC)[C@H](Cc1ccccc1)[C@@H](O)c1ccc([N+](=O)[O-])cc1. The molecule has 0 amide bonds. The lowest BCUT2D eigenvalue weighted by molar-refractivity contribution is -0.384. The summed E-state index contributed by atoms with van der Waals surface area (Å²) >= 11 is 0. The fourth-order valence-electron chi connectivity index (χ4n) is 2.73. The third-order valence-corrected chi connectivity index (χ3v) is 3.98. The molecule has 0 aliphatic heterocycles. The number of ether oxygens (including phenoxy) is 2. The third-order valence-electron chi connectivity index (χ3n) is 3.98. The number of nitro groups is 1. The molecule has 0 aromatic heterocycles. The molecule has 0 fully saturated rings. The molecule has 0 bridgehead atoms. The van der Waals surface area contributed by atoms with E-state index in [0.717, 1.165) is 5.56 Å². The second-order valence-electron chi connectivity index (χ2n) is 5.49. The molecule has 0 spiro atoms. The Balaban J connectivity index is 2.26. The molecule has 0 saturated heterocycles. The Hall–Kier alpha value is -2.28. The first-order valence-electron chi connectivity index (χ1n) is 7.58. The highest BCUT2D eigenvalue weighted by Crippen LogP contribution is 2.30. The van der Waals surface area contributed by atoms with Gasteiger partial charge in [-0.3, -0.25) is 10.1 Å². The van der Waals surface area contributed by atoms with Crippen LogP contribution in [0.25, 0.3) is 0 Å². The Morgan fingerprint density at radius 2 is 1.62 bits per heavy atom. The highest BCUT2D eigenvalue weighted by molar-refractivity contribution is 5.34. The summed E-state index contributed by atoms with van der Waals surface area (Å²) in [5.41, 5.74) is 1.61. The van der Waals surface area contributed by atoms with Gasteiger partial charge in [-0.2, -0.15) is 0 Å². The predicted octanol–water partition coefficient (Wildman–Crippen LogP) is 3.11. The first-order valence-corrected chi connectivity index (χ1v) is 7.58. The lowest BCUT2D eigenvalue weighted by atomic mass is 9.89. The molecule has 6 nitrogen and oxygen atoms in total. The molecule has 2 atom stereocenters. The van der Waals surface area contributed by atoms with Gasteiger partial charge in [-0.1, -0.05) is 30.3 Å². The lowest BCUT2D eigenvalue weighted by Crippen LogP contribution is -2.32. The van der Waals surface area contributed by atoms with Gasteiger partial charge in [0.15, 0.2) is 6.29 Å². The summed E-state index contributed by atoms with van der Waals surface area (Å²) in [6, 6.07) is 15.6. The summed E-state index contributed by atoms with van der Waals surface area (Å²) in [6.45, 7) is 0. The van der Waals surface area contributed by atoms with Crippen LogP contribution >= 0.6 is 0 Å². The van der Waals surface area contributed by atoms with Gasteiger partial charge in [0.2, 0.25) is 0 Å². The van der Waals surface area contributed by atoms with Crippen LogP contribution in [0.15, 0.2) is 54.6 Å². The van der Waals surface area contributed by atoms with Gasteiger partial charge < -0.3 is 14.6 Å². The van der Waals surface area contributed by atoms with Crippen molar-refractivity contribution >= 4 is 5.69 Å². The van der Waals surface area contributed by atoms with Crippen molar-refractivity contribution in [3.63, 3.8) is 0 Å². The fraction of sp³-hybridized carbons (Fsp3) is 0.333. The number of nitrogens with zero attached hydrogens (tertiary/aromatic N) is 1. The number of non-ortho nitro benzene ring substituents is 1. The topological polar surface area (TPSA) is 81.8 Å². The first-order chi connectivity index (χ1) is 11.6. The van der Waals surface area contributed by atoms with Crippen molar-refractivity contribution in [2.24, 2.45) is 5.92 Å². The molecule has 0 aliphatic carbocycles. The second kappa shape index (κ2) is 8.54. The normalized spacial score (nSPS) is 13.7. The number of hydrogen-bond acceptors (Lipinski definition) is 5. The standard InChI is InChI=1S/C18H21NO5/c1-23-18(24-2)16(12-13-6-4-3-5-7-13)17(20)14-8-10-15(11-9-14)19(21)22/h3-11,16-18,20H,12H2,1-2H3/t16-,17+/m1/s1. The molecule has 0 aliphatic rings. The molecule has 2 aromatic carbocycles. The number of benzene rings is 2. The Labute approximate surface area is 140 Å². The van der Waals surface area contributed by atoms with Gasteiger partial charge in [0.1, 0.15) is 0 Å². The van der Waals surface area contributed by atoms with Crippen LogP contribution in [0.2, 0.25) is 0 Å². The minimum atomic E-state index is -0.879. The number of hydrogen-bond donors (Lipinski definition) is 1. The fourth-order valence-corrected chi connectivity index (χ4v) is 2.73. The molecule has 0 radical (unpaired) electrons. The van der Waals surface area contributed by atoms with Crippen LogP contribution in [0, 0.1) is 16.0 Å². The molecule has 0 heterocycles. The van der Waals surface area contributed by atoms with Gasteiger partial charge in [0.25, 0.3) is 5.69 Å². The van der Waals surface area contributed by atoms with Gasteiger partial charge in [0, 0.05) is 32.3 Å². The highest BCUT2D eigenvalue weighted by atomic mass is 16.7. The van der Waals surface area contributed by atoms with Crippen molar-refractivity contribution in [2.45, 2.75) is 18.8 Å². The summed E-state index contributed by atoms with van der Waals surface area (Å²) in [4.78, 5) is 10.3. The summed E-state index contributed by atoms with van der Waals surface area (Å²) in [5.74, 6) is -0.358. The number of aliphatic hydroxyl groups is 1. The van der Waals surface area contributed by atoms with Crippen molar-refractivity contribution < 1.29 is 19.5 Å². The summed E-state index contributed by atoms with van der Waals surface area (Å²) in [6.07, 6.45) is -0.933. The van der Waals surface area contributed by atoms with Gasteiger partial charge in [-0.15, -0.1) is 0 Å². The Bertz CT molecular complexity index is 640. The van der Waals surface area contributed by atoms with E-state index >= 15 is 0 Å². The van der Waals surface area contributed by atoms with Crippen molar-refractivity contribution in [3.8, 4) is 0 Å². The van der Waals surface area contributed by atoms with Gasteiger partial charge in [-0.05, 0) is 29.7 Å². The Morgan fingerprint density at radius 1 is 1.04 bits per heavy atom. The number of methoxy groups -OCH3 is 2. The number of rotatable bonds is 8. The van der Waals surface area contributed by atoms with Crippen molar-refractivity contribution in [1.82, 2.24) is 0 Å². The first kappa shape index (κ1) is 18.1. The van der Waals surface area contributed by atoms with E-state index in [1.54, 1.807) is 12.1 Å². The average molecular weight is 331 g/mol. The van der Waals surface area contributed by atoms with E-state index in [9.17, 15) is 15.2 Å². The van der Waals surface area contributed by atoms with Crippen LogP contribution in [0.5, 0.6) is 0 Å². The summed E-state index contributed by atoms with van der Waals surface area (Å²) < 4.78 is 10.7. The monoisotopic (exact) mass is 331 g/mol. The predicted molar refractivity (Wildman–Crippen MR) is 89.5 cm³/mol. The van der Waals surface area contributed by atoms with Crippen molar-refractivity contribution in [1.29, 1.82) is 0 Å². The van der Waals surface area contributed by atoms with E-state index in [2.05, 4.69) is 0 Å². The van der Waals surface area contributed by atoms with E-state index in [1.807, 2.05) is 30.3 Å². The van der Waals surface area contributed by atoms with E-state index in [4.69, 9.17) is 9.47 Å². The highest BCUT2D eigenvalue weighted by Gasteiger charge is 2.30. The number of aliphatic hydroxyl groups excluding tert-OH is 1. The van der Waals surface area contributed by atoms with Crippen molar-refractivity contribution in [3.05, 3.63) is 75.8 Å². The molecule has 128 valence electrons. The molecule has 0 unspecified atom stereocenters. The van der Waals surface area contributed by atoms with E-state index < -0.39 is 17.3 Å². The Kier molecular flexibility index (Phi) is 6.43. The zero-order valence-corrected chi connectivity index (χ0v) is 13.7. The van der Waals surface area contributed by atoms with E-state index in [-0.39, 0.29) is 11.6 Å². The maximum absolute atomic E-state index is 10.8. The minimum absolute atomic E-state index is 0.0133. The maximum atomic E-state index is 10.8. The number of nitro benzene ring substituents is 1. The van der Waals surface area contributed by atoms with E-state index in [0.29, 0.717) is 12.0 Å². The third kappa shape index (κ3) is 4.38. The van der Waals surface area contributed by atoms with Crippen molar-refractivity contribution in [2.75, 3.05) is 14.2 Å². The van der Waals surface area contributed by atoms with Crippen LogP contribution in [-0.4, -0.2) is 30.5 Å². The largest absolute Gasteiger partial charge is 0.388 e. The van der Waals surface area contributed by atoms with E-state index in [1.165, 1.54) is 26.4 Å².